The van der Waals surface area contributed by atoms with Crippen molar-refractivity contribution in [2.75, 3.05) is 12.5 Å². The highest BCUT2D eigenvalue weighted by molar-refractivity contribution is 5.63. The molecule has 0 unspecified atom stereocenters. The molecule has 1 aromatic heterocycles. The molecule has 0 saturated heterocycles. The van der Waals surface area contributed by atoms with Gasteiger partial charge in [0.1, 0.15) is 5.82 Å². The van der Waals surface area contributed by atoms with Gasteiger partial charge in [0.05, 0.1) is 5.69 Å². The summed E-state index contributed by atoms with van der Waals surface area (Å²) >= 11 is 0. The van der Waals surface area contributed by atoms with Crippen LogP contribution in [0.3, 0.4) is 0 Å². The molecule has 5 heteroatoms. The molecule has 2 aromatic rings. The van der Waals surface area contributed by atoms with E-state index in [4.69, 9.17) is 15.2 Å². The predicted octanol–water partition coefficient (Wildman–Crippen LogP) is 2.75. The zero-order valence-corrected chi connectivity index (χ0v) is 11.8. The van der Waals surface area contributed by atoms with Crippen LogP contribution in [0.4, 0.5) is 5.82 Å². The van der Waals surface area contributed by atoms with E-state index in [1.165, 1.54) is 0 Å². The Labute approximate surface area is 117 Å². The molecule has 20 heavy (non-hydrogen) atoms. The highest BCUT2D eigenvalue weighted by atomic mass is 16.7. The first-order valence-electron chi connectivity index (χ1n) is 6.48. The number of anilines is 1. The topological polar surface area (TPSA) is 70.3 Å². The van der Waals surface area contributed by atoms with Gasteiger partial charge in [-0.1, -0.05) is 20.8 Å². The zero-order valence-electron chi connectivity index (χ0n) is 11.8. The Morgan fingerprint density at radius 2 is 1.80 bits per heavy atom. The lowest BCUT2D eigenvalue weighted by molar-refractivity contribution is 0.174. The molecule has 3 rings (SSSR count). The molecule has 0 bridgehead atoms. The Kier molecular flexibility index (Phi) is 2.78. The van der Waals surface area contributed by atoms with E-state index in [2.05, 4.69) is 30.7 Å². The lowest BCUT2D eigenvalue weighted by atomic mass is 9.92. The van der Waals surface area contributed by atoms with Gasteiger partial charge in [-0.25, -0.2) is 9.97 Å². The largest absolute Gasteiger partial charge is 0.454 e. The van der Waals surface area contributed by atoms with Gasteiger partial charge in [-0.15, -0.1) is 0 Å². The third kappa shape index (κ3) is 2.27. The maximum Gasteiger partial charge on any atom is 0.231 e. The number of nitrogen functional groups attached to an aromatic ring is 1. The van der Waals surface area contributed by atoms with Crippen molar-refractivity contribution in [1.82, 2.24) is 9.97 Å². The minimum atomic E-state index is -0.0812. The highest BCUT2D eigenvalue weighted by Crippen LogP contribution is 2.35. The van der Waals surface area contributed by atoms with Crippen LogP contribution in [0.1, 0.15) is 26.5 Å². The van der Waals surface area contributed by atoms with E-state index in [-0.39, 0.29) is 12.2 Å². The summed E-state index contributed by atoms with van der Waals surface area (Å²) in [5, 5.41) is 0. The summed E-state index contributed by atoms with van der Waals surface area (Å²) in [7, 11) is 0. The standard InChI is InChI=1S/C15H17N3O2/c1-15(2,3)12-7-13(16)18-14(17-12)9-4-5-10-11(6-9)20-8-19-10/h4-7H,8H2,1-3H3,(H2,16,17,18). The Balaban J connectivity index is 2.08. The molecule has 0 fully saturated rings. The summed E-state index contributed by atoms with van der Waals surface area (Å²) < 4.78 is 10.7. The maximum atomic E-state index is 5.90. The van der Waals surface area contributed by atoms with Crippen LogP contribution in [0.25, 0.3) is 11.4 Å². The van der Waals surface area contributed by atoms with Gasteiger partial charge in [0.25, 0.3) is 0 Å². The van der Waals surface area contributed by atoms with Crippen LogP contribution in [-0.2, 0) is 5.41 Å². The van der Waals surface area contributed by atoms with Gasteiger partial charge >= 0.3 is 0 Å². The van der Waals surface area contributed by atoms with Gasteiger partial charge in [0, 0.05) is 17.0 Å². The maximum absolute atomic E-state index is 5.90. The molecule has 1 aromatic carbocycles. The Morgan fingerprint density at radius 1 is 1.05 bits per heavy atom. The molecule has 1 aliphatic rings. The summed E-state index contributed by atoms with van der Waals surface area (Å²) in [5.74, 6) is 2.53. The SMILES string of the molecule is CC(C)(C)c1cc(N)nc(-c2ccc3c(c2)OCO3)n1. The van der Waals surface area contributed by atoms with Crippen LogP contribution < -0.4 is 15.2 Å². The molecular formula is C15H17N3O2. The smallest absolute Gasteiger partial charge is 0.231 e. The fourth-order valence-electron chi connectivity index (χ4n) is 2.01. The van der Waals surface area contributed by atoms with Crippen LogP contribution in [-0.4, -0.2) is 16.8 Å². The van der Waals surface area contributed by atoms with Crippen molar-refractivity contribution >= 4 is 5.82 Å². The van der Waals surface area contributed by atoms with Crippen molar-refractivity contribution in [3.05, 3.63) is 30.0 Å². The second-order valence-corrected chi connectivity index (χ2v) is 5.82. The average molecular weight is 271 g/mol. The van der Waals surface area contributed by atoms with Crippen LogP contribution in [0.5, 0.6) is 11.5 Å². The first kappa shape index (κ1) is 12.7. The number of ether oxygens (including phenoxy) is 2. The third-order valence-corrected chi connectivity index (χ3v) is 3.15. The van der Waals surface area contributed by atoms with Crippen LogP contribution in [0.15, 0.2) is 24.3 Å². The number of hydrogen-bond donors (Lipinski definition) is 1. The van der Waals surface area contributed by atoms with Crippen LogP contribution in [0, 0.1) is 0 Å². The molecule has 1 aliphatic heterocycles. The molecule has 2 N–H and O–H groups in total. The Morgan fingerprint density at radius 3 is 2.55 bits per heavy atom. The summed E-state index contributed by atoms with van der Waals surface area (Å²) in [4.78, 5) is 8.93. The molecule has 0 spiro atoms. The number of nitrogens with two attached hydrogens (primary N) is 1. The van der Waals surface area contributed by atoms with E-state index >= 15 is 0 Å². The normalized spacial score (nSPS) is 13.6. The Hall–Kier alpha value is -2.30. The molecule has 0 atom stereocenters. The Bertz CT molecular complexity index is 663. The fraction of sp³-hybridized carbons (Fsp3) is 0.333. The zero-order chi connectivity index (χ0) is 14.3. The van der Waals surface area contributed by atoms with Crippen molar-refractivity contribution in [2.24, 2.45) is 0 Å². The predicted molar refractivity (Wildman–Crippen MR) is 76.7 cm³/mol. The minimum Gasteiger partial charge on any atom is -0.454 e. The van der Waals surface area contributed by atoms with Crippen molar-refractivity contribution < 1.29 is 9.47 Å². The summed E-state index contributed by atoms with van der Waals surface area (Å²) in [5.41, 5.74) is 7.60. The third-order valence-electron chi connectivity index (χ3n) is 3.15. The number of fused-ring (bicyclic) bond motifs is 1. The average Bonchev–Trinajstić information content (AvgIpc) is 2.84. The summed E-state index contributed by atoms with van der Waals surface area (Å²) in [6.07, 6.45) is 0. The quantitative estimate of drug-likeness (QED) is 0.863. The molecule has 0 saturated carbocycles. The monoisotopic (exact) mass is 271 g/mol. The molecule has 0 radical (unpaired) electrons. The van der Waals surface area contributed by atoms with Gasteiger partial charge in [0.2, 0.25) is 6.79 Å². The first-order chi connectivity index (χ1) is 9.43. The molecule has 104 valence electrons. The molecule has 5 nitrogen and oxygen atoms in total. The van der Waals surface area contributed by atoms with Crippen LogP contribution in [0.2, 0.25) is 0 Å². The molecule has 2 heterocycles. The van der Waals surface area contributed by atoms with Gasteiger partial charge in [0.15, 0.2) is 17.3 Å². The van der Waals surface area contributed by atoms with Gasteiger partial charge in [-0.3, -0.25) is 0 Å². The second-order valence-electron chi connectivity index (χ2n) is 5.82. The number of hydrogen-bond acceptors (Lipinski definition) is 5. The van der Waals surface area contributed by atoms with Gasteiger partial charge in [-0.05, 0) is 18.2 Å². The van der Waals surface area contributed by atoms with Crippen LogP contribution >= 0.6 is 0 Å². The number of nitrogens with zero attached hydrogens (tertiary/aromatic N) is 2. The molecule has 0 amide bonds. The lowest BCUT2D eigenvalue weighted by Crippen LogP contribution is -2.15. The van der Waals surface area contributed by atoms with E-state index in [9.17, 15) is 0 Å². The summed E-state index contributed by atoms with van der Waals surface area (Å²) in [6, 6.07) is 7.47. The highest BCUT2D eigenvalue weighted by Gasteiger charge is 2.19. The van der Waals surface area contributed by atoms with Gasteiger partial charge in [-0.2, -0.15) is 0 Å². The summed E-state index contributed by atoms with van der Waals surface area (Å²) in [6.45, 7) is 6.54. The van der Waals surface area contributed by atoms with E-state index < -0.39 is 0 Å². The van der Waals surface area contributed by atoms with E-state index in [1.807, 2.05) is 24.3 Å². The van der Waals surface area contributed by atoms with Crippen molar-refractivity contribution in [1.29, 1.82) is 0 Å². The number of aromatic nitrogens is 2. The minimum absolute atomic E-state index is 0.0812. The number of benzene rings is 1. The number of rotatable bonds is 1. The van der Waals surface area contributed by atoms with Crippen molar-refractivity contribution in [2.45, 2.75) is 26.2 Å². The van der Waals surface area contributed by atoms with Crippen molar-refractivity contribution in [3.8, 4) is 22.9 Å². The van der Waals surface area contributed by atoms with Crippen molar-refractivity contribution in [3.63, 3.8) is 0 Å². The van der Waals surface area contributed by atoms with E-state index in [0.29, 0.717) is 17.4 Å². The fourth-order valence-corrected chi connectivity index (χ4v) is 2.01. The van der Waals surface area contributed by atoms with E-state index in [0.717, 1.165) is 17.0 Å². The van der Waals surface area contributed by atoms with Gasteiger partial charge < -0.3 is 15.2 Å². The second kappa shape index (κ2) is 4.37. The lowest BCUT2D eigenvalue weighted by Gasteiger charge is -2.18. The van der Waals surface area contributed by atoms with E-state index in [1.54, 1.807) is 0 Å². The molecule has 0 aliphatic carbocycles. The molecular weight excluding hydrogens is 254 g/mol. The first-order valence-corrected chi connectivity index (χ1v) is 6.48.